The number of halogens is 3. The van der Waals surface area contributed by atoms with Gasteiger partial charge in [0.25, 0.3) is 0 Å². The molecule has 0 aliphatic heterocycles. The molecule has 1 fully saturated rings. The summed E-state index contributed by atoms with van der Waals surface area (Å²) < 4.78 is 40.9. The third kappa shape index (κ3) is 5.28. The summed E-state index contributed by atoms with van der Waals surface area (Å²) in [7, 11) is -3.99. The van der Waals surface area contributed by atoms with Gasteiger partial charge in [-0.3, -0.25) is 4.79 Å². The van der Waals surface area contributed by atoms with Crippen LogP contribution in [0.25, 0.3) is 0 Å². The fraction of sp³-hybridized carbons (Fsp3) is 0.350. The van der Waals surface area contributed by atoms with Crippen molar-refractivity contribution in [3.63, 3.8) is 0 Å². The molecule has 0 atom stereocenters. The number of rotatable bonds is 6. The maximum absolute atomic E-state index is 13.3. The Labute approximate surface area is 179 Å². The van der Waals surface area contributed by atoms with E-state index in [1.165, 1.54) is 16.4 Å². The summed E-state index contributed by atoms with van der Waals surface area (Å²) in [6.07, 6.45) is 4.14. The Morgan fingerprint density at radius 3 is 2.21 bits per heavy atom. The summed E-state index contributed by atoms with van der Waals surface area (Å²) in [4.78, 5) is 12.7. The van der Waals surface area contributed by atoms with Crippen LogP contribution < -0.4 is 5.32 Å². The summed E-state index contributed by atoms with van der Waals surface area (Å²) in [5.41, 5.74) is 0.239. The lowest BCUT2D eigenvalue weighted by molar-refractivity contribution is -0.116. The molecule has 0 saturated heterocycles. The highest BCUT2D eigenvalue weighted by atomic mass is 35.5. The minimum atomic E-state index is -3.99. The first-order chi connectivity index (χ1) is 13.8. The van der Waals surface area contributed by atoms with Crippen molar-refractivity contribution in [3.8, 4) is 0 Å². The van der Waals surface area contributed by atoms with Crippen LogP contribution in [0, 0.1) is 5.82 Å². The monoisotopic (exact) mass is 458 g/mol. The lowest BCUT2D eigenvalue weighted by atomic mass is 9.95. The number of nitrogens with zero attached hydrogens (tertiary/aromatic N) is 1. The van der Waals surface area contributed by atoms with Gasteiger partial charge in [-0.05, 0) is 49.2 Å². The van der Waals surface area contributed by atoms with Crippen molar-refractivity contribution >= 4 is 44.8 Å². The summed E-state index contributed by atoms with van der Waals surface area (Å²) >= 11 is 12.2. The molecule has 5 nitrogen and oxygen atoms in total. The van der Waals surface area contributed by atoms with Crippen molar-refractivity contribution in [1.82, 2.24) is 4.31 Å². The molecule has 0 unspecified atom stereocenters. The predicted molar refractivity (Wildman–Crippen MR) is 112 cm³/mol. The summed E-state index contributed by atoms with van der Waals surface area (Å²) in [6.45, 7) is -0.383. The minimum absolute atomic E-state index is 0.0481. The van der Waals surface area contributed by atoms with Crippen LogP contribution in [0.1, 0.15) is 32.1 Å². The third-order valence-corrected chi connectivity index (χ3v) is 7.47. The molecule has 1 amide bonds. The molecule has 1 aliphatic rings. The second-order valence-electron chi connectivity index (χ2n) is 6.94. The van der Waals surface area contributed by atoms with Gasteiger partial charge >= 0.3 is 0 Å². The zero-order valence-electron chi connectivity index (χ0n) is 15.6. The van der Waals surface area contributed by atoms with Crippen molar-refractivity contribution in [1.29, 1.82) is 0 Å². The normalized spacial score (nSPS) is 15.4. The van der Waals surface area contributed by atoms with E-state index in [-0.39, 0.29) is 33.2 Å². The average molecular weight is 459 g/mol. The van der Waals surface area contributed by atoms with E-state index in [9.17, 15) is 17.6 Å². The highest BCUT2D eigenvalue weighted by molar-refractivity contribution is 7.89. The van der Waals surface area contributed by atoms with Gasteiger partial charge in [0, 0.05) is 6.04 Å². The Bertz CT molecular complexity index is 957. The molecule has 1 aliphatic carbocycles. The van der Waals surface area contributed by atoms with Crippen LogP contribution in [0.5, 0.6) is 0 Å². The number of anilines is 1. The summed E-state index contributed by atoms with van der Waals surface area (Å²) in [6, 6.07) is 9.12. The molecule has 1 saturated carbocycles. The molecule has 0 radical (unpaired) electrons. The Kier molecular flexibility index (Phi) is 7.16. The van der Waals surface area contributed by atoms with Gasteiger partial charge in [-0.1, -0.05) is 48.5 Å². The lowest BCUT2D eigenvalue weighted by Crippen LogP contribution is -2.45. The second-order valence-corrected chi connectivity index (χ2v) is 9.65. The van der Waals surface area contributed by atoms with Crippen LogP contribution in [-0.2, 0) is 14.8 Å². The van der Waals surface area contributed by atoms with Gasteiger partial charge in [0.15, 0.2) is 0 Å². The molecule has 2 aromatic rings. The molecule has 0 bridgehead atoms. The molecule has 156 valence electrons. The van der Waals surface area contributed by atoms with Crippen molar-refractivity contribution < 1.29 is 17.6 Å². The first-order valence-electron chi connectivity index (χ1n) is 9.30. The number of hydrogen-bond donors (Lipinski definition) is 1. The Balaban J connectivity index is 1.87. The molecular weight excluding hydrogens is 438 g/mol. The molecule has 1 N–H and O–H groups in total. The zero-order valence-corrected chi connectivity index (χ0v) is 17.9. The van der Waals surface area contributed by atoms with E-state index in [4.69, 9.17) is 23.2 Å². The topological polar surface area (TPSA) is 66.5 Å². The molecule has 3 rings (SSSR count). The molecule has 0 spiro atoms. The van der Waals surface area contributed by atoms with Gasteiger partial charge in [-0.15, -0.1) is 0 Å². The molecule has 9 heteroatoms. The maximum atomic E-state index is 13.3. The van der Waals surface area contributed by atoms with Gasteiger partial charge in [0.05, 0.1) is 27.2 Å². The molecule has 0 aromatic heterocycles. The molecule has 2 aromatic carbocycles. The van der Waals surface area contributed by atoms with Crippen LogP contribution in [0.2, 0.25) is 10.0 Å². The molecular formula is C20H21Cl2FN2O3S. The van der Waals surface area contributed by atoms with Crippen LogP contribution >= 0.6 is 23.2 Å². The van der Waals surface area contributed by atoms with Crippen molar-refractivity contribution in [2.45, 2.75) is 43.0 Å². The Morgan fingerprint density at radius 2 is 1.62 bits per heavy atom. The first kappa shape index (κ1) is 22.0. The van der Waals surface area contributed by atoms with E-state index >= 15 is 0 Å². The number of amides is 1. The number of carbonyl (C=O) groups excluding carboxylic acids is 1. The van der Waals surface area contributed by atoms with Gasteiger partial charge < -0.3 is 5.32 Å². The predicted octanol–water partition coefficient (Wildman–Crippen LogP) is 5.09. The largest absolute Gasteiger partial charge is 0.322 e. The third-order valence-electron chi connectivity index (χ3n) is 4.93. The van der Waals surface area contributed by atoms with Crippen LogP contribution in [0.3, 0.4) is 0 Å². The highest BCUT2D eigenvalue weighted by Gasteiger charge is 2.34. The first-order valence-corrected chi connectivity index (χ1v) is 11.5. The molecule has 29 heavy (non-hydrogen) atoms. The van der Waals surface area contributed by atoms with Crippen molar-refractivity contribution in [3.05, 3.63) is 58.3 Å². The highest BCUT2D eigenvalue weighted by Crippen LogP contribution is 2.31. The van der Waals surface area contributed by atoms with Crippen LogP contribution in [0.15, 0.2) is 47.4 Å². The fourth-order valence-electron chi connectivity index (χ4n) is 3.46. The quantitative estimate of drug-likeness (QED) is 0.654. The fourth-order valence-corrected chi connectivity index (χ4v) is 5.59. The zero-order chi connectivity index (χ0) is 21.0. The van der Waals surface area contributed by atoms with E-state index in [0.717, 1.165) is 31.4 Å². The number of hydrogen-bond acceptors (Lipinski definition) is 3. The summed E-state index contributed by atoms with van der Waals surface area (Å²) in [5.74, 6) is -1.07. The minimum Gasteiger partial charge on any atom is -0.322 e. The Morgan fingerprint density at radius 1 is 1.03 bits per heavy atom. The summed E-state index contributed by atoms with van der Waals surface area (Å²) in [5, 5.41) is 3.13. The van der Waals surface area contributed by atoms with Gasteiger partial charge in [-0.25, -0.2) is 12.8 Å². The molecule has 0 heterocycles. The van der Waals surface area contributed by atoms with Gasteiger partial charge in [0.2, 0.25) is 15.9 Å². The van der Waals surface area contributed by atoms with E-state index in [0.29, 0.717) is 12.8 Å². The number of nitrogens with one attached hydrogen (secondary N) is 1. The number of benzene rings is 2. The number of sulfonamides is 1. The maximum Gasteiger partial charge on any atom is 0.243 e. The Hall–Kier alpha value is -1.67. The lowest BCUT2D eigenvalue weighted by Gasteiger charge is -2.33. The number of para-hydroxylation sites is 1. The average Bonchev–Trinajstić information content (AvgIpc) is 2.70. The number of carbonyl (C=O) groups is 1. The van der Waals surface area contributed by atoms with E-state index in [1.807, 2.05) is 0 Å². The van der Waals surface area contributed by atoms with Crippen LogP contribution in [0.4, 0.5) is 10.1 Å². The van der Waals surface area contributed by atoms with Gasteiger partial charge in [-0.2, -0.15) is 4.31 Å². The van der Waals surface area contributed by atoms with Crippen LogP contribution in [-0.4, -0.2) is 31.2 Å². The van der Waals surface area contributed by atoms with E-state index in [1.54, 1.807) is 18.2 Å². The SMILES string of the molecule is O=C(CN(C1CCCCC1)S(=O)(=O)c1ccc(F)cc1)Nc1c(Cl)cccc1Cl. The second kappa shape index (κ2) is 9.43. The van der Waals surface area contributed by atoms with Crippen molar-refractivity contribution in [2.24, 2.45) is 0 Å². The van der Waals surface area contributed by atoms with E-state index in [2.05, 4.69) is 5.32 Å². The van der Waals surface area contributed by atoms with Crippen molar-refractivity contribution in [2.75, 3.05) is 11.9 Å². The van der Waals surface area contributed by atoms with Gasteiger partial charge in [0.1, 0.15) is 5.82 Å². The smallest absolute Gasteiger partial charge is 0.243 e. The van der Waals surface area contributed by atoms with E-state index < -0.39 is 21.7 Å². The standard InChI is InChI=1S/C20H21Cl2FN2O3S/c21-17-7-4-8-18(22)20(17)24-19(26)13-25(15-5-2-1-3-6-15)29(27,28)16-11-9-14(23)10-12-16/h4,7-12,15H,1-3,5-6,13H2,(H,24,26).